The number of ether oxygens (including phenoxy) is 1. The summed E-state index contributed by atoms with van der Waals surface area (Å²) in [5.41, 5.74) is -0.398. The zero-order chi connectivity index (χ0) is 27.0. The molecule has 0 N–H and O–H groups in total. The van der Waals surface area contributed by atoms with E-state index in [1.54, 1.807) is 30.3 Å². The third kappa shape index (κ3) is 5.03. The highest BCUT2D eigenvalue weighted by molar-refractivity contribution is 6.31. The van der Waals surface area contributed by atoms with E-state index in [9.17, 15) is 22.4 Å². The molecule has 0 bridgehead atoms. The van der Waals surface area contributed by atoms with E-state index in [-0.39, 0.29) is 23.4 Å². The number of carbonyl (C=O) groups is 1. The quantitative estimate of drug-likeness (QED) is 0.322. The number of piperazine rings is 1. The molecule has 0 saturated carbocycles. The Morgan fingerprint density at radius 3 is 2.42 bits per heavy atom. The van der Waals surface area contributed by atoms with Gasteiger partial charge in [0.1, 0.15) is 17.1 Å². The van der Waals surface area contributed by atoms with Crippen LogP contribution < -0.4 is 4.74 Å². The Kier molecular flexibility index (Phi) is 6.97. The van der Waals surface area contributed by atoms with Crippen molar-refractivity contribution in [2.75, 3.05) is 33.3 Å². The molecule has 0 unspecified atom stereocenters. The van der Waals surface area contributed by atoms with Gasteiger partial charge in [-0.15, -0.1) is 0 Å². The van der Waals surface area contributed by atoms with Gasteiger partial charge in [0.25, 0.3) is 5.91 Å². The molecule has 2 aromatic heterocycles. The average molecular weight is 548 g/mol. The van der Waals surface area contributed by atoms with Gasteiger partial charge in [-0.1, -0.05) is 17.7 Å². The first-order valence-corrected chi connectivity index (χ1v) is 12.1. The number of fused-ring (bicyclic) bond motifs is 1. The summed E-state index contributed by atoms with van der Waals surface area (Å²) in [5, 5.41) is 4.18. The van der Waals surface area contributed by atoms with E-state index < -0.39 is 23.6 Å². The lowest BCUT2D eigenvalue weighted by Crippen LogP contribution is -2.48. The van der Waals surface area contributed by atoms with E-state index in [4.69, 9.17) is 16.3 Å². The van der Waals surface area contributed by atoms with Crippen LogP contribution >= 0.6 is 11.6 Å². The first-order chi connectivity index (χ1) is 18.2. The van der Waals surface area contributed by atoms with E-state index in [2.05, 4.69) is 10.1 Å². The van der Waals surface area contributed by atoms with Gasteiger partial charge in [0, 0.05) is 48.9 Å². The number of hydrogen-bond acceptors (Lipinski definition) is 5. The number of hydrogen-bond donors (Lipinski definition) is 0. The molecule has 198 valence electrons. The molecule has 2 aromatic carbocycles. The standard InChI is InChI=1S/C26H22ClF4N5O2/c1-38-17-7-5-16(6-8-17)22-13-23(26(29,30)31)36-24(33-22)18(14-32-36)25(37)35-11-9-34(10-12-35)15-19-20(27)3-2-4-21(19)28/h2-8,13-14H,9-12,15H2,1H3. The van der Waals surface area contributed by atoms with E-state index in [0.717, 1.165) is 12.3 Å². The highest BCUT2D eigenvalue weighted by atomic mass is 35.5. The second-order valence-corrected chi connectivity index (χ2v) is 9.22. The summed E-state index contributed by atoms with van der Waals surface area (Å²) in [6, 6.07) is 11.8. The Morgan fingerprint density at radius 1 is 1.08 bits per heavy atom. The van der Waals surface area contributed by atoms with Crippen LogP contribution in [0.2, 0.25) is 5.02 Å². The lowest BCUT2D eigenvalue weighted by atomic mass is 10.1. The first-order valence-electron chi connectivity index (χ1n) is 11.7. The molecule has 0 radical (unpaired) electrons. The summed E-state index contributed by atoms with van der Waals surface area (Å²) < 4.78 is 61.7. The predicted octanol–water partition coefficient (Wildman–Crippen LogP) is 5.17. The highest BCUT2D eigenvalue weighted by Crippen LogP contribution is 2.33. The number of rotatable bonds is 5. The van der Waals surface area contributed by atoms with E-state index in [1.165, 1.54) is 24.1 Å². The van der Waals surface area contributed by atoms with Crippen molar-refractivity contribution in [3.63, 3.8) is 0 Å². The third-order valence-electron chi connectivity index (χ3n) is 6.48. The highest BCUT2D eigenvalue weighted by Gasteiger charge is 2.36. The minimum Gasteiger partial charge on any atom is -0.497 e. The smallest absolute Gasteiger partial charge is 0.433 e. The van der Waals surface area contributed by atoms with Crippen molar-refractivity contribution >= 4 is 23.2 Å². The molecule has 7 nitrogen and oxygen atoms in total. The van der Waals surface area contributed by atoms with Gasteiger partial charge in [0.15, 0.2) is 11.3 Å². The third-order valence-corrected chi connectivity index (χ3v) is 6.84. The van der Waals surface area contributed by atoms with Crippen molar-refractivity contribution in [3.05, 3.63) is 82.4 Å². The van der Waals surface area contributed by atoms with E-state index in [0.29, 0.717) is 52.6 Å². The van der Waals surface area contributed by atoms with Crippen molar-refractivity contribution in [2.45, 2.75) is 12.7 Å². The minimum atomic E-state index is -4.73. The number of benzene rings is 2. The molecule has 38 heavy (non-hydrogen) atoms. The number of amides is 1. The molecule has 12 heteroatoms. The second-order valence-electron chi connectivity index (χ2n) is 8.82. The van der Waals surface area contributed by atoms with E-state index >= 15 is 0 Å². The maximum Gasteiger partial charge on any atom is 0.433 e. The zero-order valence-electron chi connectivity index (χ0n) is 20.2. The number of methoxy groups -OCH3 is 1. The van der Waals surface area contributed by atoms with Crippen LogP contribution in [0, 0.1) is 5.82 Å². The summed E-state index contributed by atoms with van der Waals surface area (Å²) in [6.07, 6.45) is -3.61. The lowest BCUT2D eigenvalue weighted by molar-refractivity contribution is -0.142. The van der Waals surface area contributed by atoms with Crippen molar-refractivity contribution in [1.29, 1.82) is 0 Å². The summed E-state index contributed by atoms with van der Waals surface area (Å²) in [7, 11) is 1.49. The second kappa shape index (κ2) is 10.2. The number of carbonyl (C=O) groups excluding carboxylic acids is 1. The molecule has 1 saturated heterocycles. The Labute approximate surface area is 220 Å². The average Bonchev–Trinajstić information content (AvgIpc) is 3.33. The number of aromatic nitrogens is 3. The molecule has 1 aliphatic heterocycles. The van der Waals surface area contributed by atoms with Gasteiger partial charge in [-0.25, -0.2) is 13.9 Å². The summed E-state index contributed by atoms with van der Waals surface area (Å²) in [5.74, 6) is -0.333. The van der Waals surface area contributed by atoms with Gasteiger partial charge in [-0.3, -0.25) is 9.69 Å². The zero-order valence-corrected chi connectivity index (χ0v) is 20.9. The Morgan fingerprint density at radius 2 is 1.79 bits per heavy atom. The van der Waals surface area contributed by atoms with Crippen molar-refractivity contribution in [3.8, 4) is 17.0 Å². The number of nitrogens with zero attached hydrogens (tertiary/aromatic N) is 5. The van der Waals surface area contributed by atoms with Crippen LogP contribution in [0.1, 0.15) is 21.6 Å². The monoisotopic (exact) mass is 547 g/mol. The molecule has 1 aliphatic rings. The fourth-order valence-electron chi connectivity index (χ4n) is 4.41. The summed E-state index contributed by atoms with van der Waals surface area (Å²) in [4.78, 5) is 21.3. The van der Waals surface area contributed by atoms with Crippen LogP contribution in [0.3, 0.4) is 0 Å². The van der Waals surface area contributed by atoms with Gasteiger partial charge in [0.05, 0.1) is 19.0 Å². The summed E-state index contributed by atoms with van der Waals surface area (Å²) >= 11 is 6.13. The SMILES string of the molecule is COc1ccc(-c2cc(C(F)(F)F)n3ncc(C(=O)N4CCN(Cc5c(F)cccc5Cl)CC4)c3n2)cc1. The Bertz CT molecular complexity index is 1460. The first kappa shape index (κ1) is 25.9. The van der Waals surface area contributed by atoms with Gasteiger partial charge < -0.3 is 9.64 Å². The lowest BCUT2D eigenvalue weighted by Gasteiger charge is -2.34. The number of halogens is 5. The molecule has 0 atom stereocenters. The molecule has 1 fully saturated rings. The van der Waals surface area contributed by atoms with Crippen molar-refractivity contribution < 1.29 is 27.1 Å². The molecule has 0 spiro atoms. The Hall–Kier alpha value is -3.70. The molecular formula is C26H22ClF4N5O2. The van der Waals surface area contributed by atoms with E-state index in [1.807, 2.05) is 4.90 Å². The van der Waals surface area contributed by atoms with Gasteiger partial charge in [-0.05, 0) is 42.5 Å². The fourth-order valence-corrected chi connectivity index (χ4v) is 4.63. The van der Waals surface area contributed by atoms with Gasteiger partial charge >= 0.3 is 6.18 Å². The molecule has 3 heterocycles. The predicted molar refractivity (Wildman–Crippen MR) is 133 cm³/mol. The summed E-state index contributed by atoms with van der Waals surface area (Å²) in [6.45, 7) is 1.76. The molecule has 4 aromatic rings. The molecule has 0 aliphatic carbocycles. The molecule has 1 amide bonds. The Balaban J connectivity index is 1.41. The van der Waals surface area contributed by atoms with Crippen LogP contribution in [0.15, 0.2) is 54.7 Å². The van der Waals surface area contributed by atoms with Gasteiger partial charge in [-0.2, -0.15) is 18.3 Å². The van der Waals surface area contributed by atoms with Crippen molar-refractivity contribution in [1.82, 2.24) is 24.4 Å². The van der Waals surface area contributed by atoms with Crippen LogP contribution in [-0.2, 0) is 12.7 Å². The largest absolute Gasteiger partial charge is 0.497 e. The van der Waals surface area contributed by atoms with Crippen LogP contribution in [-0.4, -0.2) is 63.6 Å². The number of alkyl halides is 3. The molecule has 5 rings (SSSR count). The maximum atomic E-state index is 14.2. The topological polar surface area (TPSA) is 63.0 Å². The fraction of sp³-hybridized carbons (Fsp3) is 0.269. The normalized spacial score (nSPS) is 14.7. The molecular weight excluding hydrogens is 526 g/mol. The van der Waals surface area contributed by atoms with Crippen LogP contribution in [0.5, 0.6) is 5.75 Å². The van der Waals surface area contributed by atoms with Crippen LogP contribution in [0.25, 0.3) is 16.9 Å². The van der Waals surface area contributed by atoms with Crippen molar-refractivity contribution in [2.24, 2.45) is 0 Å². The minimum absolute atomic E-state index is 0.0311. The van der Waals surface area contributed by atoms with Crippen LogP contribution in [0.4, 0.5) is 17.6 Å². The maximum absolute atomic E-state index is 14.2. The van der Waals surface area contributed by atoms with Gasteiger partial charge in [0.2, 0.25) is 0 Å².